The van der Waals surface area contributed by atoms with E-state index in [0.29, 0.717) is 11.9 Å². The first kappa shape index (κ1) is 11.0. The first-order valence-corrected chi connectivity index (χ1v) is 5.90. The number of aromatic nitrogens is 2. The van der Waals surface area contributed by atoms with Gasteiger partial charge in [0.2, 0.25) is 0 Å². The number of hydrogen-bond acceptors (Lipinski definition) is 1. The zero-order valence-corrected chi connectivity index (χ0v) is 10.1. The van der Waals surface area contributed by atoms with Crippen LogP contribution in [0.2, 0.25) is 0 Å². The van der Waals surface area contributed by atoms with Crippen molar-refractivity contribution in [3.63, 3.8) is 0 Å². The Balaban J connectivity index is 2.03. The van der Waals surface area contributed by atoms with Gasteiger partial charge in [0, 0.05) is 17.3 Å². The average Bonchev–Trinajstić information content (AvgIpc) is 2.74. The van der Waals surface area contributed by atoms with Gasteiger partial charge in [-0.3, -0.25) is 4.98 Å². The fraction of sp³-hybridized carbons (Fsp3) is 0.133. The minimum Gasteiger partial charge on any atom is -0.341 e. The minimum atomic E-state index is -0.177. The van der Waals surface area contributed by atoms with E-state index in [-0.39, 0.29) is 5.82 Å². The van der Waals surface area contributed by atoms with Gasteiger partial charge in [0.25, 0.3) is 0 Å². The third-order valence-electron chi connectivity index (χ3n) is 3.04. The molecule has 0 aliphatic rings. The molecule has 3 aromatic rings. The van der Waals surface area contributed by atoms with Crippen LogP contribution in [0.15, 0.2) is 48.7 Å². The second-order valence-electron chi connectivity index (χ2n) is 4.39. The maximum atomic E-state index is 13.6. The molecule has 0 amide bonds. The molecule has 2 aromatic heterocycles. The lowest BCUT2D eigenvalue weighted by Gasteiger charge is -2.05. The molecule has 0 aliphatic carbocycles. The van der Waals surface area contributed by atoms with Crippen LogP contribution in [0.1, 0.15) is 11.4 Å². The Bertz CT molecular complexity index is 701. The highest BCUT2D eigenvalue weighted by Crippen LogP contribution is 2.19. The monoisotopic (exact) mass is 240 g/mol. The number of halogens is 1. The normalized spacial score (nSPS) is 11.0. The van der Waals surface area contributed by atoms with E-state index in [4.69, 9.17) is 0 Å². The molecule has 0 radical (unpaired) electrons. The molecule has 0 spiro atoms. The van der Waals surface area contributed by atoms with Crippen molar-refractivity contribution in [3.05, 3.63) is 65.9 Å². The third kappa shape index (κ3) is 1.88. The van der Waals surface area contributed by atoms with E-state index >= 15 is 0 Å². The van der Waals surface area contributed by atoms with Crippen molar-refractivity contribution in [1.82, 2.24) is 9.55 Å². The fourth-order valence-electron chi connectivity index (χ4n) is 2.19. The number of benzene rings is 1. The molecular weight excluding hydrogens is 227 g/mol. The lowest BCUT2D eigenvalue weighted by atomic mass is 10.2. The lowest BCUT2D eigenvalue weighted by molar-refractivity contribution is 0.639. The van der Waals surface area contributed by atoms with Crippen LogP contribution in [0.3, 0.4) is 0 Å². The van der Waals surface area contributed by atoms with Crippen LogP contribution in [0, 0.1) is 12.7 Å². The number of pyridine rings is 1. The number of hydrogen-bond donors (Lipinski definition) is 0. The standard InChI is InChI=1S/C15H13FN2/c1-11-4-2-5-12(17-11)10-18-9-8-13-14(16)6-3-7-15(13)18/h2-9H,10H2,1H3. The molecule has 0 bridgehead atoms. The maximum Gasteiger partial charge on any atom is 0.132 e. The second kappa shape index (κ2) is 4.26. The Hall–Kier alpha value is -2.16. The average molecular weight is 240 g/mol. The predicted molar refractivity (Wildman–Crippen MR) is 70.0 cm³/mol. The van der Waals surface area contributed by atoms with Crippen LogP contribution < -0.4 is 0 Å². The van der Waals surface area contributed by atoms with Gasteiger partial charge in [-0.2, -0.15) is 0 Å². The van der Waals surface area contributed by atoms with Crippen molar-refractivity contribution in [1.29, 1.82) is 0 Å². The van der Waals surface area contributed by atoms with Gasteiger partial charge in [-0.05, 0) is 37.3 Å². The number of nitrogens with zero attached hydrogens (tertiary/aromatic N) is 2. The molecule has 0 saturated carbocycles. The molecule has 0 atom stereocenters. The van der Waals surface area contributed by atoms with Crippen molar-refractivity contribution in [2.75, 3.05) is 0 Å². The Morgan fingerprint density at radius 1 is 1.11 bits per heavy atom. The van der Waals surface area contributed by atoms with Gasteiger partial charge < -0.3 is 4.57 Å². The smallest absolute Gasteiger partial charge is 0.132 e. The van der Waals surface area contributed by atoms with Crippen LogP contribution in [0.5, 0.6) is 0 Å². The minimum absolute atomic E-state index is 0.177. The quantitative estimate of drug-likeness (QED) is 0.670. The summed E-state index contributed by atoms with van der Waals surface area (Å²) in [4.78, 5) is 4.46. The topological polar surface area (TPSA) is 17.8 Å². The first-order chi connectivity index (χ1) is 8.74. The van der Waals surface area contributed by atoms with Crippen LogP contribution in [0.4, 0.5) is 4.39 Å². The lowest BCUT2D eigenvalue weighted by Crippen LogP contribution is -2.00. The van der Waals surface area contributed by atoms with Crippen molar-refractivity contribution >= 4 is 10.9 Å². The van der Waals surface area contributed by atoms with Gasteiger partial charge in [-0.25, -0.2) is 4.39 Å². The number of aryl methyl sites for hydroxylation is 1. The zero-order valence-electron chi connectivity index (χ0n) is 10.1. The fourth-order valence-corrected chi connectivity index (χ4v) is 2.19. The van der Waals surface area contributed by atoms with Gasteiger partial charge in [-0.1, -0.05) is 12.1 Å². The van der Waals surface area contributed by atoms with E-state index < -0.39 is 0 Å². The molecule has 0 saturated heterocycles. The van der Waals surface area contributed by atoms with E-state index in [0.717, 1.165) is 16.9 Å². The highest BCUT2D eigenvalue weighted by Gasteiger charge is 2.05. The summed E-state index contributed by atoms with van der Waals surface area (Å²) in [6.07, 6.45) is 1.90. The van der Waals surface area contributed by atoms with E-state index in [9.17, 15) is 4.39 Å². The molecule has 0 unspecified atom stereocenters. The summed E-state index contributed by atoms with van der Waals surface area (Å²) >= 11 is 0. The zero-order chi connectivity index (χ0) is 12.5. The maximum absolute atomic E-state index is 13.6. The van der Waals surface area contributed by atoms with Gasteiger partial charge in [0.05, 0.1) is 17.8 Å². The van der Waals surface area contributed by atoms with Crippen LogP contribution in [-0.2, 0) is 6.54 Å². The van der Waals surface area contributed by atoms with E-state index in [1.165, 1.54) is 6.07 Å². The molecule has 90 valence electrons. The molecule has 3 rings (SSSR count). The Morgan fingerprint density at radius 2 is 1.94 bits per heavy atom. The number of rotatable bonds is 2. The Morgan fingerprint density at radius 3 is 2.78 bits per heavy atom. The summed E-state index contributed by atoms with van der Waals surface area (Å²) < 4.78 is 15.6. The molecule has 3 heteroatoms. The molecule has 2 nitrogen and oxygen atoms in total. The van der Waals surface area contributed by atoms with E-state index in [1.807, 2.05) is 42.0 Å². The van der Waals surface area contributed by atoms with Crippen molar-refractivity contribution in [2.24, 2.45) is 0 Å². The molecule has 0 aliphatic heterocycles. The van der Waals surface area contributed by atoms with E-state index in [1.54, 1.807) is 12.1 Å². The van der Waals surface area contributed by atoms with Crippen molar-refractivity contribution in [2.45, 2.75) is 13.5 Å². The SMILES string of the molecule is Cc1cccc(Cn2ccc3c(F)cccc32)n1. The second-order valence-corrected chi connectivity index (χ2v) is 4.39. The van der Waals surface area contributed by atoms with Crippen molar-refractivity contribution in [3.8, 4) is 0 Å². The van der Waals surface area contributed by atoms with Gasteiger partial charge in [-0.15, -0.1) is 0 Å². The molecule has 0 N–H and O–H groups in total. The molecule has 18 heavy (non-hydrogen) atoms. The highest BCUT2D eigenvalue weighted by molar-refractivity contribution is 5.80. The molecule has 0 fully saturated rings. The largest absolute Gasteiger partial charge is 0.341 e. The summed E-state index contributed by atoms with van der Waals surface area (Å²) in [5.74, 6) is -0.177. The summed E-state index contributed by atoms with van der Waals surface area (Å²) in [6, 6.07) is 12.9. The molecular formula is C15H13FN2. The Kier molecular flexibility index (Phi) is 2.59. The molecule has 1 aromatic carbocycles. The summed E-state index contributed by atoms with van der Waals surface area (Å²) in [6.45, 7) is 2.63. The summed E-state index contributed by atoms with van der Waals surface area (Å²) in [5, 5.41) is 0.658. The van der Waals surface area contributed by atoms with Crippen LogP contribution >= 0.6 is 0 Å². The predicted octanol–water partition coefficient (Wildman–Crippen LogP) is 3.53. The number of fused-ring (bicyclic) bond motifs is 1. The van der Waals surface area contributed by atoms with Gasteiger partial charge in [0.1, 0.15) is 5.82 Å². The van der Waals surface area contributed by atoms with E-state index in [2.05, 4.69) is 4.98 Å². The van der Waals surface area contributed by atoms with Crippen LogP contribution in [0.25, 0.3) is 10.9 Å². The van der Waals surface area contributed by atoms with Crippen LogP contribution in [-0.4, -0.2) is 9.55 Å². The van der Waals surface area contributed by atoms with Crippen molar-refractivity contribution < 1.29 is 4.39 Å². The Labute approximate surface area is 105 Å². The molecule has 2 heterocycles. The first-order valence-electron chi connectivity index (χ1n) is 5.90. The summed E-state index contributed by atoms with van der Waals surface area (Å²) in [5.41, 5.74) is 2.88. The summed E-state index contributed by atoms with van der Waals surface area (Å²) in [7, 11) is 0. The van der Waals surface area contributed by atoms with Gasteiger partial charge in [0.15, 0.2) is 0 Å². The van der Waals surface area contributed by atoms with Gasteiger partial charge >= 0.3 is 0 Å². The third-order valence-corrected chi connectivity index (χ3v) is 3.04. The highest BCUT2D eigenvalue weighted by atomic mass is 19.1.